The van der Waals surface area contributed by atoms with E-state index >= 15 is 0 Å². The number of alkyl halides is 1. The number of hydrogen-bond donors (Lipinski definition) is 1. The van der Waals surface area contributed by atoms with Gasteiger partial charge >= 0.3 is 0 Å². The number of imidazole rings is 1. The van der Waals surface area contributed by atoms with Gasteiger partial charge in [-0.05, 0) is 0 Å². The van der Waals surface area contributed by atoms with Crippen LogP contribution in [0.1, 0.15) is 0 Å². The molecular weight excluding hydrogens is 351 g/mol. The Labute approximate surface area is 141 Å². The molecule has 0 atom stereocenters. The molecule has 0 radical (unpaired) electrons. The van der Waals surface area contributed by atoms with Gasteiger partial charge in [0.2, 0.25) is 0 Å². The van der Waals surface area contributed by atoms with Crippen LogP contribution in [-0.2, 0) is 4.79 Å². The maximum atomic E-state index is 9.04. The summed E-state index contributed by atoms with van der Waals surface area (Å²) in [5.41, 5.74) is 5.97. The summed E-state index contributed by atoms with van der Waals surface area (Å²) >= 11 is 15.9. The summed E-state index contributed by atoms with van der Waals surface area (Å²) < 4.78 is 1.66. The Morgan fingerprint density at radius 2 is 1.91 bits per heavy atom. The number of rotatable bonds is 1. The molecule has 0 aliphatic rings. The molecule has 0 fully saturated rings. The molecule has 3 rings (SSSR count). The molecule has 22 heavy (non-hydrogen) atoms. The minimum Gasteiger partial charge on any atom is -0.382 e. The molecule has 0 aliphatic carbocycles. The van der Waals surface area contributed by atoms with Gasteiger partial charge in [-0.1, -0.05) is 23.2 Å². The van der Waals surface area contributed by atoms with E-state index in [1.807, 2.05) is 0 Å². The molecular formula is C12H11Cl3N6O. The van der Waals surface area contributed by atoms with Crippen LogP contribution in [0.2, 0.25) is 10.0 Å². The van der Waals surface area contributed by atoms with E-state index in [-0.39, 0.29) is 5.88 Å². The lowest BCUT2D eigenvalue weighted by Crippen LogP contribution is -1.90. The summed E-state index contributed by atoms with van der Waals surface area (Å²) in [7, 11) is 0. The predicted octanol–water partition coefficient (Wildman–Crippen LogP) is 2.52. The molecule has 10 heteroatoms. The van der Waals surface area contributed by atoms with Crippen LogP contribution in [0.4, 0.5) is 5.82 Å². The average molecular weight is 362 g/mol. The van der Waals surface area contributed by atoms with Gasteiger partial charge in [0, 0.05) is 24.5 Å². The van der Waals surface area contributed by atoms with Crippen molar-refractivity contribution in [2.24, 2.45) is 0 Å². The smallest absolute Gasteiger partial charge is 0.154 e. The Morgan fingerprint density at radius 1 is 1.23 bits per heavy atom. The molecule has 2 N–H and O–H groups in total. The Bertz CT molecular complexity index is 703. The van der Waals surface area contributed by atoms with Crippen LogP contribution in [0.25, 0.3) is 5.65 Å². The molecule has 7 nitrogen and oxygen atoms in total. The number of carbonyl (C=O) groups excluding carboxylic acids is 1. The van der Waals surface area contributed by atoms with Crippen LogP contribution in [0.15, 0.2) is 36.9 Å². The molecule has 3 aromatic rings. The minimum absolute atomic E-state index is 0.111. The highest BCUT2D eigenvalue weighted by Crippen LogP contribution is 2.07. The third-order valence-electron chi connectivity index (χ3n) is 1.92. The number of carbonyl (C=O) groups is 1. The molecule has 0 bridgehead atoms. The summed E-state index contributed by atoms with van der Waals surface area (Å²) in [6, 6.07) is 3.29. The fourth-order valence-electron chi connectivity index (χ4n) is 1.15. The SMILES string of the molecule is Clc1cnn2ccnc2c1.Nc1cc(Cl)cnn1.O=CCCl. The zero-order valence-corrected chi connectivity index (χ0v) is 13.4. The van der Waals surface area contributed by atoms with Crippen molar-refractivity contribution in [3.05, 3.63) is 47.0 Å². The molecule has 3 heterocycles. The van der Waals surface area contributed by atoms with Gasteiger partial charge in [-0.3, -0.25) is 0 Å². The van der Waals surface area contributed by atoms with E-state index in [1.54, 1.807) is 29.2 Å². The Hall–Kier alpha value is -1.96. The van der Waals surface area contributed by atoms with Crippen molar-refractivity contribution < 1.29 is 4.79 Å². The monoisotopic (exact) mass is 360 g/mol. The molecule has 0 saturated carbocycles. The van der Waals surface area contributed by atoms with Crippen LogP contribution in [0, 0.1) is 0 Å². The molecule has 0 saturated heterocycles. The van der Waals surface area contributed by atoms with Gasteiger partial charge in [-0.25, -0.2) is 9.50 Å². The van der Waals surface area contributed by atoms with Crippen LogP contribution < -0.4 is 5.73 Å². The summed E-state index contributed by atoms with van der Waals surface area (Å²) in [5, 5.41) is 12.0. The molecule has 0 amide bonds. The van der Waals surface area contributed by atoms with E-state index in [4.69, 9.17) is 45.3 Å². The van der Waals surface area contributed by atoms with Crippen LogP contribution in [-0.4, -0.2) is 37.0 Å². The molecule has 0 aliphatic heterocycles. The third kappa shape index (κ3) is 6.66. The zero-order valence-electron chi connectivity index (χ0n) is 11.1. The Kier molecular flexibility index (Phi) is 8.13. The van der Waals surface area contributed by atoms with Crippen LogP contribution in [0.3, 0.4) is 0 Å². The zero-order chi connectivity index (χ0) is 16.4. The van der Waals surface area contributed by atoms with Crippen molar-refractivity contribution in [2.75, 3.05) is 11.6 Å². The maximum absolute atomic E-state index is 9.04. The first-order chi connectivity index (χ1) is 10.6. The van der Waals surface area contributed by atoms with E-state index < -0.39 is 0 Å². The normalized spacial score (nSPS) is 9.23. The number of aromatic nitrogens is 5. The molecule has 0 spiro atoms. The molecule has 116 valence electrons. The number of nitrogen functional groups attached to an aromatic ring is 1. The van der Waals surface area contributed by atoms with E-state index in [0.717, 1.165) is 5.65 Å². The van der Waals surface area contributed by atoms with Crippen molar-refractivity contribution in [3.8, 4) is 0 Å². The quantitative estimate of drug-likeness (QED) is 0.528. The first kappa shape index (κ1) is 18.1. The van der Waals surface area contributed by atoms with Crippen molar-refractivity contribution in [3.63, 3.8) is 0 Å². The second kappa shape index (κ2) is 9.88. The van der Waals surface area contributed by atoms with Gasteiger partial charge < -0.3 is 10.5 Å². The van der Waals surface area contributed by atoms with Gasteiger partial charge in [0.1, 0.15) is 12.1 Å². The number of fused-ring (bicyclic) bond motifs is 1. The van der Waals surface area contributed by atoms with Crippen molar-refractivity contribution in [1.82, 2.24) is 24.8 Å². The summed E-state index contributed by atoms with van der Waals surface area (Å²) in [6.45, 7) is 0. The fraction of sp³-hybridized carbons (Fsp3) is 0.0833. The number of aldehydes is 1. The first-order valence-corrected chi connectivity index (χ1v) is 7.04. The lowest BCUT2D eigenvalue weighted by atomic mass is 10.5. The predicted molar refractivity (Wildman–Crippen MR) is 86.2 cm³/mol. The van der Waals surface area contributed by atoms with Crippen molar-refractivity contribution in [1.29, 1.82) is 0 Å². The molecule has 0 unspecified atom stereocenters. The maximum Gasteiger partial charge on any atom is 0.154 e. The van der Waals surface area contributed by atoms with Crippen molar-refractivity contribution in [2.45, 2.75) is 0 Å². The minimum atomic E-state index is 0.111. The summed E-state index contributed by atoms with van der Waals surface area (Å²) in [6.07, 6.45) is 7.10. The highest BCUT2D eigenvalue weighted by Gasteiger charge is 1.93. The van der Waals surface area contributed by atoms with E-state index in [0.29, 0.717) is 22.1 Å². The third-order valence-corrected chi connectivity index (χ3v) is 2.46. The largest absolute Gasteiger partial charge is 0.382 e. The first-order valence-electron chi connectivity index (χ1n) is 5.75. The van der Waals surface area contributed by atoms with Crippen LogP contribution in [0.5, 0.6) is 0 Å². The second-order valence-electron chi connectivity index (χ2n) is 3.52. The standard InChI is InChI=1S/C6H4ClN3.C4H4ClN3.C2H3ClO/c7-5-3-6-8-1-2-10(6)9-4-5;5-3-1-4(6)8-7-2-3;3-1-2-4/h1-4H;1-2H,(H2,6,8);2H,1H2. The van der Waals surface area contributed by atoms with E-state index in [2.05, 4.69) is 20.3 Å². The van der Waals surface area contributed by atoms with Gasteiger partial charge in [0.25, 0.3) is 0 Å². The number of nitrogens with zero attached hydrogens (tertiary/aromatic N) is 5. The van der Waals surface area contributed by atoms with Gasteiger partial charge in [-0.2, -0.15) is 10.2 Å². The van der Waals surface area contributed by atoms with Crippen LogP contribution >= 0.6 is 34.8 Å². The lowest BCUT2D eigenvalue weighted by molar-refractivity contribution is -0.105. The second-order valence-corrected chi connectivity index (χ2v) is 4.70. The van der Waals surface area contributed by atoms with Gasteiger partial charge in [0.05, 0.1) is 28.3 Å². The van der Waals surface area contributed by atoms with Crippen molar-refractivity contribution >= 4 is 52.6 Å². The number of anilines is 1. The highest BCUT2D eigenvalue weighted by atomic mass is 35.5. The summed E-state index contributed by atoms with van der Waals surface area (Å²) in [5.74, 6) is 0.456. The number of hydrogen-bond acceptors (Lipinski definition) is 6. The Morgan fingerprint density at radius 3 is 2.45 bits per heavy atom. The fourth-order valence-corrected chi connectivity index (χ4v) is 1.44. The highest BCUT2D eigenvalue weighted by molar-refractivity contribution is 6.30. The average Bonchev–Trinajstić information content (AvgIpc) is 2.95. The summed E-state index contributed by atoms with van der Waals surface area (Å²) in [4.78, 5) is 13.0. The number of nitrogens with two attached hydrogens (primary N) is 1. The molecule has 0 aromatic carbocycles. The molecule has 3 aromatic heterocycles. The van der Waals surface area contributed by atoms with Gasteiger partial charge in [0.15, 0.2) is 5.65 Å². The van der Waals surface area contributed by atoms with E-state index in [1.165, 1.54) is 12.3 Å². The number of halogens is 3. The van der Waals surface area contributed by atoms with Gasteiger partial charge in [-0.15, -0.1) is 16.7 Å². The Balaban J connectivity index is 0.000000182. The lowest BCUT2D eigenvalue weighted by Gasteiger charge is -1.89. The van der Waals surface area contributed by atoms with E-state index in [9.17, 15) is 0 Å². The topological polar surface area (TPSA) is 99.1 Å².